The van der Waals surface area contributed by atoms with Crippen LogP contribution < -0.4 is 5.32 Å². The molecule has 1 N–H and O–H groups in total. The Labute approximate surface area is 127 Å². The van der Waals surface area contributed by atoms with E-state index in [9.17, 15) is 0 Å². The van der Waals surface area contributed by atoms with E-state index in [0.29, 0.717) is 18.1 Å². The predicted octanol–water partition coefficient (Wildman–Crippen LogP) is 2.96. The molecule has 20 heavy (non-hydrogen) atoms. The van der Waals surface area contributed by atoms with Crippen LogP contribution in [-0.4, -0.2) is 60.1 Å². The maximum Gasteiger partial charge on any atom is 0.0112 e. The molecule has 1 aliphatic rings. The van der Waals surface area contributed by atoms with Crippen LogP contribution in [0.3, 0.4) is 0 Å². The van der Waals surface area contributed by atoms with Crippen molar-refractivity contribution in [2.45, 2.75) is 85.0 Å². The minimum atomic E-state index is 0.641. The van der Waals surface area contributed by atoms with Crippen molar-refractivity contribution in [3.8, 4) is 0 Å². The fourth-order valence-electron chi connectivity index (χ4n) is 3.35. The number of hydrogen-bond donors (Lipinski definition) is 1. The van der Waals surface area contributed by atoms with Crippen molar-refractivity contribution in [2.75, 3.05) is 26.2 Å². The molecular weight excluding hydrogens is 246 g/mol. The third kappa shape index (κ3) is 6.11. The maximum atomic E-state index is 3.79. The van der Waals surface area contributed by atoms with Crippen LogP contribution in [0.2, 0.25) is 0 Å². The van der Waals surface area contributed by atoms with Gasteiger partial charge in [0.1, 0.15) is 0 Å². The summed E-state index contributed by atoms with van der Waals surface area (Å²) in [5, 5.41) is 3.79. The van der Waals surface area contributed by atoms with E-state index in [2.05, 4.69) is 56.7 Å². The van der Waals surface area contributed by atoms with Gasteiger partial charge in [0.05, 0.1) is 0 Å². The van der Waals surface area contributed by atoms with Crippen molar-refractivity contribution < 1.29 is 0 Å². The molecule has 0 radical (unpaired) electrons. The van der Waals surface area contributed by atoms with Crippen LogP contribution in [0, 0.1) is 0 Å². The maximum absolute atomic E-state index is 3.79. The van der Waals surface area contributed by atoms with E-state index in [1.54, 1.807) is 0 Å². The van der Waals surface area contributed by atoms with Crippen molar-refractivity contribution in [2.24, 2.45) is 0 Å². The fourth-order valence-corrected chi connectivity index (χ4v) is 3.35. The Balaban J connectivity index is 2.28. The van der Waals surface area contributed by atoms with Gasteiger partial charge < -0.3 is 10.2 Å². The molecule has 3 nitrogen and oxygen atoms in total. The van der Waals surface area contributed by atoms with Crippen molar-refractivity contribution in [1.82, 2.24) is 15.1 Å². The third-order valence-electron chi connectivity index (χ3n) is 4.62. The lowest BCUT2D eigenvalue weighted by atomic mass is 10.1. The van der Waals surface area contributed by atoms with Gasteiger partial charge in [-0.05, 0) is 73.9 Å². The molecule has 1 atom stereocenters. The molecule has 0 amide bonds. The van der Waals surface area contributed by atoms with Gasteiger partial charge in [-0.2, -0.15) is 0 Å². The highest BCUT2D eigenvalue weighted by Crippen LogP contribution is 2.13. The first-order chi connectivity index (χ1) is 9.41. The average Bonchev–Trinajstić information content (AvgIpc) is 2.59. The van der Waals surface area contributed by atoms with Gasteiger partial charge in [-0.1, -0.05) is 0 Å². The standard InChI is InChI=1S/C17H37N3/c1-14(2)19-11-7-8-17(9-12-19)18-10-13-20(15(3)4)16(5)6/h14-18H,7-13H2,1-6H3. The Bertz CT molecular complexity index is 243. The minimum Gasteiger partial charge on any atom is -0.313 e. The summed E-state index contributed by atoms with van der Waals surface area (Å²) in [5.74, 6) is 0. The van der Waals surface area contributed by atoms with E-state index < -0.39 is 0 Å². The zero-order chi connectivity index (χ0) is 15.1. The zero-order valence-electron chi connectivity index (χ0n) is 14.7. The molecule has 1 heterocycles. The van der Waals surface area contributed by atoms with E-state index in [1.807, 2.05) is 0 Å². The number of rotatable bonds is 7. The highest BCUT2D eigenvalue weighted by Gasteiger charge is 2.19. The third-order valence-corrected chi connectivity index (χ3v) is 4.62. The summed E-state index contributed by atoms with van der Waals surface area (Å²) < 4.78 is 0. The van der Waals surface area contributed by atoms with Crippen LogP contribution in [0.5, 0.6) is 0 Å². The average molecular weight is 284 g/mol. The van der Waals surface area contributed by atoms with Gasteiger partial charge in [0.2, 0.25) is 0 Å². The van der Waals surface area contributed by atoms with Crippen LogP contribution >= 0.6 is 0 Å². The highest BCUT2D eigenvalue weighted by molar-refractivity contribution is 4.77. The normalized spacial score (nSPS) is 22.2. The molecule has 120 valence electrons. The molecule has 1 aliphatic heterocycles. The quantitative estimate of drug-likeness (QED) is 0.775. The Hall–Kier alpha value is -0.120. The van der Waals surface area contributed by atoms with Gasteiger partial charge in [-0.15, -0.1) is 0 Å². The van der Waals surface area contributed by atoms with E-state index >= 15 is 0 Å². The largest absolute Gasteiger partial charge is 0.313 e. The summed E-state index contributed by atoms with van der Waals surface area (Å²) in [7, 11) is 0. The molecule has 3 heteroatoms. The monoisotopic (exact) mass is 283 g/mol. The molecule has 0 aliphatic carbocycles. The SMILES string of the molecule is CC(C)N1CCCC(NCCN(C(C)C)C(C)C)CC1. The summed E-state index contributed by atoms with van der Waals surface area (Å²) in [6.45, 7) is 18.7. The predicted molar refractivity (Wildman–Crippen MR) is 89.3 cm³/mol. The lowest BCUT2D eigenvalue weighted by Gasteiger charge is -2.31. The smallest absolute Gasteiger partial charge is 0.0112 e. The second-order valence-electron chi connectivity index (χ2n) is 7.14. The fraction of sp³-hybridized carbons (Fsp3) is 1.00. The first kappa shape index (κ1) is 17.9. The molecule has 0 aromatic heterocycles. The van der Waals surface area contributed by atoms with Gasteiger partial charge in [-0.3, -0.25) is 4.90 Å². The van der Waals surface area contributed by atoms with Crippen molar-refractivity contribution in [1.29, 1.82) is 0 Å². The lowest BCUT2D eigenvalue weighted by Crippen LogP contribution is -2.43. The number of hydrogen-bond acceptors (Lipinski definition) is 3. The molecular formula is C17H37N3. The molecule has 1 rings (SSSR count). The van der Waals surface area contributed by atoms with Gasteiger partial charge in [-0.25, -0.2) is 0 Å². The van der Waals surface area contributed by atoms with Gasteiger partial charge in [0.25, 0.3) is 0 Å². The van der Waals surface area contributed by atoms with E-state index in [-0.39, 0.29) is 0 Å². The molecule has 1 fully saturated rings. The van der Waals surface area contributed by atoms with Crippen LogP contribution in [-0.2, 0) is 0 Å². The lowest BCUT2D eigenvalue weighted by molar-refractivity contribution is 0.173. The summed E-state index contributed by atoms with van der Waals surface area (Å²) in [6, 6.07) is 2.70. The van der Waals surface area contributed by atoms with Crippen LogP contribution in [0.4, 0.5) is 0 Å². The van der Waals surface area contributed by atoms with E-state index in [0.717, 1.165) is 12.6 Å². The Morgan fingerprint density at radius 1 is 1.00 bits per heavy atom. The molecule has 0 aromatic carbocycles. The number of nitrogens with one attached hydrogen (secondary N) is 1. The van der Waals surface area contributed by atoms with E-state index in [4.69, 9.17) is 0 Å². The molecule has 0 saturated carbocycles. The van der Waals surface area contributed by atoms with Crippen LogP contribution in [0.25, 0.3) is 0 Å². The highest BCUT2D eigenvalue weighted by atomic mass is 15.2. The second-order valence-corrected chi connectivity index (χ2v) is 7.14. The first-order valence-corrected chi connectivity index (χ1v) is 8.65. The Kier molecular flexibility index (Phi) is 8.08. The van der Waals surface area contributed by atoms with Gasteiger partial charge >= 0.3 is 0 Å². The van der Waals surface area contributed by atoms with Gasteiger partial charge in [0, 0.05) is 37.3 Å². The summed E-state index contributed by atoms with van der Waals surface area (Å²) >= 11 is 0. The molecule has 1 unspecified atom stereocenters. The topological polar surface area (TPSA) is 18.5 Å². The Morgan fingerprint density at radius 3 is 2.20 bits per heavy atom. The number of nitrogens with zero attached hydrogens (tertiary/aromatic N) is 2. The zero-order valence-corrected chi connectivity index (χ0v) is 14.7. The van der Waals surface area contributed by atoms with Crippen molar-refractivity contribution in [3.05, 3.63) is 0 Å². The van der Waals surface area contributed by atoms with Crippen LogP contribution in [0.15, 0.2) is 0 Å². The molecule has 0 aromatic rings. The van der Waals surface area contributed by atoms with Crippen molar-refractivity contribution in [3.63, 3.8) is 0 Å². The molecule has 0 bridgehead atoms. The first-order valence-electron chi connectivity index (χ1n) is 8.65. The summed E-state index contributed by atoms with van der Waals surface area (Å²) in [4.78, 5) is 5.19. The van der Waals surface area contributed by atoms with Crippen LogP contribution in [0.1, 0.15) is 60.8 Å². The second kappa shape index (κ2) is 9.01. The molecule has 1 saturated heterocycles. The van der Waals surface area contributed by atoms with Crippen molar-refractivity contribution >= 4 is 0 Å². The summed E-state index contributed by atoms with van der Waals surface area (Å²) in [5.41, 5.74) is 0. The molecule has 0 spiro atoms. The van der Waals surface area contributed by atoms with E-state index in [1.165, 1.54) is 38.9 Å². The Morgan fingerprint density at radius 2 is 1.65 bits per heavy atom. The summed E-state index contributed by atoms with van der Waals surface area (Å²) in [6.07, 6.45) is 3.99. The minimum absolute atomic E-state index is 0.641. The van der Waals surface area contributed by atoms with Gasteiger partial charge in [0.15, 0.2) is 0 Å². The number of likely N-dealkylation sites (tertiary alicyclic amines) is 1.